The highest BCUT2D eigenvalue weighted by atomic mass is 19.2. The van der Waals surface area contributed by atoms with Gasteiger partial charge in [-0.3, -0.25) is 4.79 Å². The van der Waals surface area contributed by atoms with E-state index in [1.807, 2.05) is 0 Å². The molecular weight excluding hydrogens is 350 g/mol. The van der Waals surface area contributed by atoms with E-state index in [1.165, 1.54) is 0 Å². The maximum absolute atomic E-state index is 14.5. The van der Waals surface area contributed by atoms with Crippen LogP contribution in [-0.2, 0) is 4.79 Å². The SMILES string of the molecule is CCOc1ccc(C2CCC(C3CCC(CC(=O)O)CC3)CC2)c(F)c1F. The number of carbonyl (C=O) groups is 1. The number of carboxylic acid groups (broad SMARTS) is 1. The van der Waals surface area contributed by atoms with Crippen molar-refractivity contribution in [2.24, 2.45) is 17.8 Å². The van der Waals surface area contributed by atoms with Gasteiger partial charge >= 0.3 is 5.97 Å². The molecule has 0 aromatic heterocycles. The number of benzene rings is 1. The van der Waals surface area contributed by atoms with Crippen molar-refractivity contribution >= 4 is 5.97 Å². The first kappa shape index (κ1) is 20.1. The minimum Gasteiger partial charge on any atom is -0.491 e. The average Bonchev–Trinajstić information content (AvgIpc) is 2.66. The molecule has 3 nitrogen and oxygen atoms in total. The molecule has 150 valence electrons. The number of hydrogen-bond acceptors (Lipinski definition) is 2. The summed E-state index contributed by atoms with van der Waals surface area (Å²) >= 11 is 0. The van der Waals surface area contributed by atoms with Gasteiger partial charge in [-0.2, -0.15) is 4.39 Å². The van der Waals surface area contributed by atoms with Crippen LogP contribution in [0.3, 0.4) is 0 Å². The van der Waals surface area contributed by atoms with Gasteiger partial charge in [-0.05, 0) is 93.6 Å². The summed E-state index contributed by atoms with van der Waals surface area (Å²) in [4.78, 5) is 10.9. The highest BCUT2D eigenvalue weighted by Crippen LogP contribution is 2.45. The second kappa shape index (κ2) is 9.03. The summed E-state index contributed by atoms with van der Waals surface area (Å²) in [5, 5.41) is 8.94. The molecule has 0 radical (unpaired) electrons. The smallest absolute Gasteiger partial charge is 0.303 e. The highest BCUT2D eigenvalue weighted by Gasteiger charge is 2.33. The quantitative estimate of drug-likeness (QED) is 0.666. The minimum atomic E-state index is -0.867. The molecule has 2 aliphatic carbocycles. The van der Waals surface area contributed by atoms with E-state index in [2.05, 4.69) is 0 Å². The predicted octanol–water partition coefficient (Wildman–Crippen LogP) is 5.92. The van der Waals surface area contributed by atoms with Crippen molar-refractivity contribution in [2.45, 2.75) is 70.6 Å². The van der Waals surface area contributed by atoms with E-state index in [-0.39, 0.29) is 11.7 Å². The van der Waals surface area contributed by atoms with E-state index in [9.17, 15) is 13.6 Å². The summed E-state index contributed by atoms with van der Waals surface area (Å²) in [6.07, 6.45) is 8.42. The molecule has 0 saturated heterocycles. The Bertz CT molecular complexity index is 645. The van der Waals surface area contributed by atoms with E-state index in [1.54, 1.807) is 19.1 Å². The van der Waals surface area contributed by atoms with Gasteiger partial charge in [-0.15, -0.1) is 0 Å². The second-order valence-electron chi connectivity index (χ2n) is 8.20. The van der Waals surface area contributed by atoms with E-state index in [0.29, 0.717) is 36.3 Å². The Morgan fingerprint density at radius 1 is 1.00 bits per heavy atom. The predicted molar refractivity (Wildman–Crippen MR) is 99.9 cm³/mol. The number of aliphatic carboxylic acids is 1. The molecule has 0 spiro atoms. The van der Waals surface area contributed by atoms with Crippen LogP contribution in [-0.4, -0.2) is 17.7 Å². The highest BCUT2D eigenvalue weighted by molar-refractivity contribution is 5.67. The van der Waals surface area contributed by atoms with Gasteiger partial charge in [0.2, 0.25) is 5.82 Å². The van der Waals surface area contributed by atoms with Crippen molar-refractivity contribution in [2.75, 3.05) is 6.61 Å². The Morgan fingerprint density at radius 2 is 1.59 bits per heavy atom. The normalized spacial score (nSPS) is 28.7. The first-order valence-electron chi connectivity index (χ1n) is 10.3. The monoisotopic (exact) mass is 380 g/mol. The Morgan fingerprint density at radius 3 is 2.15 bits per heavy atom. The van der Waals surface area contributed by atoms with E-state index in [4.69, 9.17) is 9.84 Å². The fraction of sp³-hybridized carbons (Fsp3) is 0.682. The van der Waals surface area contributed by atoms with Crippen molar-refractivity contribution in [1.29, 1.82) is 0 Å². The van der Waals surface area contributed by atoms with Crippen LogP contribution in [0.15, 0.2) is 12.1 Å². The lowest BCUT2D eigenvalue weighted by atomic mass is 9.68. The van der Waals surface area contributed by atoms with Crippen molar-refractivity contribution in [3.63, 3.8) is 0 Å². The second-order valence-corrected chi connectivity index (χ2v) is 8.20. The molecule has 0 unspecified atom stereocenters. The maximum Gasteiger partial charge on any atom is 0.303 e. The summed E-state index contributed by atoms with van der Waals surface area (Å²) in [5.74, 6) is -0.604. The van der Waals surface area contributed by atoms with E-state index >= 15 is 0 Å². The maximum atomic E-state index is 14.5. The third kappa shape index (κ3) is 4.80. The number of ether oxygens (including phenoxy) is 1. The zero-order valence-electron chi connectivity index (χ0n) is 16.1. The average molecular weight is 380 g/mol. The number of hydrogen-bond donors (Lipinski definition) is 1. The lowest BCUT2D eigenvalue weighted by Gasteiger charge is -2.37. The van der Waals surface area contributed by atoms with E-state index < -0.39 is 17.6 Å². The van der Waals surface area contributed by atoms with Crippen LogP contribution in [0.2, 0.25) is 0 Å². The first-order valence-corrected chi connectivity index (χ1v) is 10.3. The van der Waals surface area contributed by atoms with Crippen molar-refractivity contribution in [1.82, 2.24) is 0 Å². The van der Waals surface area contributed by atoms with Crippen molar-refractivity contribution in [3.05, 3.63) is 29.3 Å². The minimum absolute atomic E-state index is 0.00874. The summed E-state index contributed by atoms with van der Waals surface area (Å²) in [5.41, 5.74) is 0.486. The molecule has 0 heterocycles. The number of carboxylic acids is 1. The Labute approximate surface area is 160 Å². The molecular formula is C22H30F2O3. The Kier molecular flexibility index (Phi) is 6.72. The molecule has 0 amide bonds. The summed E-state index contributed by atoms with van der Waals surface area (Å²) < 4.78 is 33.8. The molecule has 1 aromatic rings. The summed E-state index contributed by atoms with van der Waals surface area (Å²) in [7, 11) is 0. The van der Waals surface area contributed by atoms with Gasteiger partial charge < -0.3 is 9.84 Å². The zero-order valence-corrected chi connectivity index (χ0v) is 16.1. The van der Waals surface area contributed by atoms with Crippen LogP contribution in [0.1, 0.15) is 76.2 Å². The fourth-order valence-electron chi connectivity index (χ4n) is 5.14. The third-order valence-electron chi connectivity index (χ3n) is 6.61. The van der Waals surface area contributed by atoms with Gasteiger partial charge in [-0.1, -0.05) is 6.07 Å². The van der Waals surface area contributed by atoms with Crippen LogP contribution in [0, 0.1) is 29.4 Å². The molecule has 2 saturated carbocycles. The zero-order chi connectivity index (χ0) is 19.4. The molecule has 2 aliphatic rings. The van der Waals surface area contributed by atoms with Crippen LogP contribution in [0.4, 0.5) is 8.78 Å². The van der Waals surface area contributed by atoms with Crippen LogP contribution in [0.25, 0.3) is 0 Å². The lowest BCUT2D eigenvalue weighted by molar-refractivity contribution is -0.138. The molecule has 5 heteroatoms. The molecule has 3 rings (SSSR count). The van der Waals surface area contributed by atoms with Gasteiger partial charge in [0.1, 0.15) is 0 Å². The summed E-state index contributed by atoms with van der Waals surface area (Å²) in [6, 6.07) is 3.23. The van der Waals surface area contributed by atoms with Crippen LogP contribution < -0.4 is 4.74 Å². The Hall–Kier alpha value is -1.65. The van der Waals surface area contributed by atoms with Gasteiger partial charge in [0.25, 0.3) is 0 Å². The molecule has 2 fully saturated rings. The summed E-state index contributed by atoms with van der Waals surface area (Å²) in [6.45, 7) is 2.07. The topological polar surface area (TPSA) is 46.5 Å². The lowest BCUT2D eigenvalue weighted by Crippen LogP contribution is -2.26. The largest absolute Gasteiger partial charge is 0.491 e. The number of halogens is 2. The van der Waals surface area contributed by atoms with Crippen LogP contribution >= 0.6 is 0 Å². The molecule has 27 heavy (non-hydrogen) atoms. The molecule has 1 N–H and O–H groups in total. The molecule has 0 atom stereocenters. The van der Waals surface area contributed by atoms with Crippen LogP contribution in [0.5, 0.6) is 5.75 Å². The fourth-order valence-corrected chi connectivity index (χ4v) is 5.14. The standard InChI is InChI=1S/C22H30F2O3/c1-2-27-19-12-11-18(21(23)22(19)24)17-9-7-16(8-10-17)15-5-3-14(4-6-15)13-20(25)26/h11-12,14-17H,2-10,13H2,1H3,(H,25,26). The third-order valence-corrected chi connectivity index (χ3v) is 6.61. The van der Waals surface area contributed by atoms with E-state index in [0.717, 1.165) is 51.4 Å². The van der Waals surface area contributed by atoms with Gasteiger partial charge in [0.15, 0.2) is 11.6 Å². The molecule has 1 aromatic carbocycles. The Balaban J connectivity index is 1.54. The van der Waals surface area contributed by atoms with Gasteiger partial charge in [0, 0.05) is 6.42 Å². The van der Waals surface area contributed by atoms with Crippen molar-refractivity contribution in [3.8, 4) is 5.75 Å². The van der Waals surface area contributed by atoms with Gasteiger partial charge in [-0.25, -0.2) is 4.39 Å². The number of rotatable bonds is 6. The van der Waals surface area contributed by atoms with Crippen molar-refractivity contribution < 1.29 is 23.4 Å². The first-order chi connectivity index (χ1) is 13.0. The molecule has 0 aliphatic heterocycles. The van der Waals surface area contributed by atoms with Gasteiger partial charge in [0.05, 0.1) is 6.61 Å². The molecule has 0 bridgehead atoms.